The molecule has 3 aromatic heterocycles. The smallest absolute Gasteiger partial charge is 0.390 e. The van der Waals surface area contributed by atoms with Crippen LogP contribution in [0.25, 0.3) is 44.1 Å². The van der Waals surface area contributed by atoms with Crippen molar-refractivity contribution in [2.24, 2.45) is 0 Å². The Kier molecular flexibility index (Phi) is 18.4. The summed E-state index contributed by atoms with van der Waals surface area (Å²) in [5.74, 6) is 0.449. The first kappa shape index (κ1) is 59.8. The van der Waals surface area contributed by atoms with Gasteiger partial charge in [-0.2, -0.15) is 23.1 Å². The van der Waals surface area contributed by atoms with Crippen LogP contribution in [-0.2, 0) is 30.8 Å². The van der Waals surface area contributed by atoms with Crippen LogP contribution in [0.5, 0.6) is 0 Å². The van der Waals surface area contributed by atoms with Gasteiger partial charge in [-0.1, -0.05) is 91.0 Å². The topological polar surface area (TPSA) is 195 Å². The molecule has 0 amide bonds. The normalized spacial score (nSPS) is 18.8. The van der Waals surface area contributed by atoms with Crippen molar-refractivity contribution < 1.29 is 41.0 Å². The molecule has 452 valence electrons. The largest absolute Gasteiger partial charge is 0.467 e. The Morgan fingerprint density at radius 3 is 2.20 bits per heavy atom. The highest BCUT2D eigenvalue weighted by molar-refractivity contribution is 7.93. The lowest BCUT2D eigenvalue weighted by Gasteiger charge is -2.34. The maximum absolute atomic E-state index is 14.2. The molecule has 3 aliphatic rings. The summed E-state index contributed by atoms with van der Waals surface area (Å²) in [6, 6.07) is 35.9. The van der Waals surface area contributed by atoms with Gasteiger partial charge in [0.05, 0.1) is 37.7 Å². The van der Waals surface area contributed by atoms with Crippen LogP contribution in [0.3, 0.4) is 0 Å². The number of hydrogen-bond donors (Lipinski definition) is 4. The number of fused-ring (bicyclic) bond motifs is 2. The number of esters is 1. The number of methoxy groups -OCH3 is 1. The zero-order chi connectivity index (χ0) is 60.0. The maximum atomic E-state index is 14.2. The van der Waals surface area contributed by atoms with Crippen molar-refractivity contribution in [1.29, 1.82) is 0 Å². The average molecular weight is 1200 g/mol. The van der Waals surface area contributed by atoms with Crippen LogP contribution in [-0.4, -0.2) is 159 Å². The van der Waals surface area contributed by atoms with Crippen LogP contribution < -0.4 is 25.2 Å². The van der Waals surface area contributed by atoms with Crippen molar-refractivity contribution in [1.82, 2.24) is 34.3 Å². The number of benzene rings is 5. The molecular formula is C64H73F3N12O6S. The number of nitrogens with one attached hydrogen (secondary N) is 3. The van der Waals surface area contributed by atoms with Crippen molar-refractivity contribution in [2.45, 2.75) is 80.2 Å². The van der Waals surface area contributed by atoms with Crippen LogP contribution in [0.15, 0.2) is 139 Å². The Morgan fingerprint density at radius 1 is 0.733 bits per heavy atom. The number of sulfonamides is 1. The van der Waals surface area contributed by atoms with E-state index < -0.39 is 28.7 Å². The molecule has 0 bridgehead atoms. The van der Waals surface area contributed by atoms with Crippen LogP contribution in [0, 0.1) is 0 Å². The van der Waals surface area contributed by atoms with Crippen molar-refractivity contribution in [3.63, 3.8) is 0 Å². The molecule has 2 atom stereocenters. The van der Waals surface area contributed by atoms with Crippen molar-refractivity contribution in [3.05, 3.63) is 145 Å². The molecule has 2 unspecified atom stereocenters. The molecule has 4 N–H and O–H groups in total. The Labute approximate surface area is 499 Å². The van der Waals surface area contributed by atoms with Gasteiger partial charge in [-0.05, 0) is 78.6 Å². The number of aliphatic hydroxyl groups excluding tert-OH is 1. The quantitative estimate of drug-likeness (QED) is 0.0369. The molecule has 1 saturated carbocycles. The number of aromatic nitrogens is 5. The minimum atomic E-state index is -4.28. The van der Waals surface area contributed by atoms with Gasteiger partial charge in [0, 0.05) is 142 Å². The minimum absolute atomic E-state index is 0.106. The number of carbonyl (C=O) groups is 1. The number of piperazine rings is 1. The zero-order valence-corrected chi connectivity index (χ0v) is 49.4. The fraction of sp³-hybridized carbons (Fsp3) is 0.391. The van der Waals surface area contributed by atoms with Crippen molar-refractivity contribution >= 4 is 66.9 Å². The molecule has 11 rings (SSSR count). The number of anilines is 5. The first-order valence-electron chi connectivity index (χ1n) is 29.4. The highest BCUT2D eigenvalue weighted by Gasteiger charge is 2.43. The number of hydrogen-bond acceptors (Lipinski definition) is 16. The molecule has 86 heavy (non-hydrogen) atoms. The van der Waals surface area contributed by atoms with E-state index in [2.05, 4.69) is 65.2 Å². The molecule has 5 aromatic carbocycles. The zero-order valence-electron chi connectivity index (χ0n) is 48.6. The summed E-state index contributed by atoms with van der Waals surface area (Å²) in [7, 11) is 1.19. The molecule has 2 aliphatic heterocycles. The molecular weight excluding hydrogens is 1120 g/mol. The fourth-order valence-corrected chi connectivity index (χ4v) is 13.5. The van der Waals surface area contributed by atoms with Gasteiger partial charge in [-0.15, -0.1) is 0 Å². The highest BCUT2D eigenvalue weighted by atomic mass is 32.2. The Hall–Kier alpha value is -7.89. The first-order valence-corrected chi connectivity index (χ1v) is 30.9. The predicted octanol–water partition coefficient (Wildman–Crippen LogP) is 10.2. The lowest BCUT2D eigenvalue weighted by molar-refractivity contribution is -0.142. The molecule has 8 aromatic rings. The Morgan fingerprint density at radius 2 is 1.44 bits per heavy atom. The summed E-state index contributed by atoms with van der Waals surface area (Å²) < 4.78 is 83.6. The summed E-state index contributed by atoms with van der Waals surface area (Å²) >= 11 is 0. The van der Waals surface area contributed by atoms with Crippen LogP contribution in [0.1, 0.15) is 61.6 Å². The van der Waals surface area contributed by atoms with Crippen molar-refractivity contribution in [3.8, 4) is 22.3 Å². The predicted molar refractivity (Wildman–Crippen MR) is 330 cm³/mol. The number of ether oxygens (including phenoxy) is 2. The van der Waals surface area contributed by atoms with E-state index in [0.717, 1.165) is 85.3 Å². The molecule has 1 aliphatic carbocycles. The van der Waals surface area contributed by atoms with E-state index in [-0.39, 0.29) is 41.4 Å². The number of alkyl halides is 3. The van der Waals surface area contributed by atoms with Gasteiger partial charge in [0.2, 0.25) is 11.9 Å². The summed E-state index contributed by atoms with van der Waals surface area (Å²) in [5.41, 5.74) is 7.33. The van der Waals surface area contributed by atoms with E-state index in [1.54, 1.807) is 42.7 Å². The molecule has 3 fully saturated rings. The van der Waals surface area contributed by atoms with Gasteiger partial charge >= 0.3 is 12.1 Å². The third-order valence-corrected chi connectivity index (χ3v) is 18.1. The van der Waals surface area contributed by atoms with E-state index in [1.807, 2.05) is 84.6 Å². The monoisotopic (exact) mass is 1190 g/mol. The molecule has 0 spiro atoms. The van der Waals surface area contributed by atoms with Gasteiger partial charge < -0.3 is 39.6 Å². The van der Waals surface area contributed by atoms with Gasteiger partial charge in [-0.25, -0.2) is 23.2 Å². The SMILES string of the molecule is COC(=O)C1C(c2ccccc2)CCN1c1nc(NCCOCCN2CCN(Cc3ccc(-c4cn([C@H]5CC[C@H](O)CC5)c5nc(NCCC(F)(F)F)ncc45)cc3)CC2)ncc1-c1cccc(NS(=O)(=O)c2cccc3c(N(C)C)cccc23)c1. The van der Waals surface area contributed by atoms with E-state index in [9.17, 15) is 31.5 Å². The van der Waals surface area contributed by atoms with Crippen molar-refractivity contribution in [2.75, 3.05) is 112 Å². The van der Waals surface area contributed by atoms with E-state index >= 15 is 0 Å². The molecule has 2 saturated heterocycles. The fourth-order valence-electron chi connectivity index (χ4n) is 12.2. The third-order valence-electron chi connectivity index (χ3n) is 16.7. The summed E-state index contributed by atoms with van der Waals surface area (Å²) in [5, 5.41) is 18.5. The van der Waals surface area contributed by atoms with Gasteiger partial charge in [0.25, 0.3) is 10.0 Å². The van der Waals surface area contributed by atoms with Crippen LogP contribution in [0.4, 0.5) is 42.3 Å². The second kappa shape index (κ2) is 26.4. The first-order chi connectivity index (χ1) is 41.6. The van der Waals surface area contributed by atoms with E-state index in [4.69, 9.17) is 24.4 Å². The standard InChI is InChI=1S/C64H73F3N12O6S/c1-75(2)56-16-8-15-52-51(56)14-9-17-57(52)86(82,83)74-47-13-7-12-46(38-47)53-39-70-63(72-59(53)78-30-26-50(58(78)61(81)84-3)44-10-5-4-6-11-44)69-29-36-85-37-35-76-31-33-77(34-32-76)41-43-18-20-45(21-19-43)55-42-79(48-22-24-49(80)25-23-48)60-54(55)40-71-62(73-60)68-28-27-64(65,66)67/h4-21,38-40,42,48-50,58,74,80H,22-37,41H2,1-3H3,(H,68,71,73)(H,69,70,72)/t48-,49-,50?,58?. The highest BCUT2D eigenvalue weighted by Crippen LogP contribution is 2.42. The number of aliphatic hydroxyl groups is 1. The van der Waals surface area contributed by atoms with Gasteiger partial charge in [0.15, 0.2) is 0 Å². The summed E-state index contributed by atoms with van der Waals surface area (Å²) in [6.07, 6.45) is 3.45. The number of carbonyl (C=O) groups excluding carboxylic acids is 1. The average Bonchev–Trinajstić information content (AvgIpc) is 1.99. The Balaban J connectivity index is 0.705. The summed E-state index contributed by atoms with van der Waals surface area (Å²) in [6.45, 7) is 6.75. The minimum Gasteiger partial charge on any atom is -0.467 e. The Bertz CT molecular complexity index is 3750. The maximum Gasteiger partial charge on any atom is 0.390 e. The number of rotatable bonds is 22. The number of nitrogens with zero attached hydrogens (tertiary/aromatic N) is 9. The lowest BCUT2D eigenvalue weighted by atomic mass is 9.91. The molecule has 5 heterocycles. The number of halogens is 3. The van der Waals surface area contributed by atoms with Crippen LogP contribution >= 0.6 is 0 Å². The van der Waals surface area contributed by atoms with E-state index in [0.29, 0.717) is 85.2 Å². The second-order valence-electron chi connectivity index (χ2n) is 22.6. The van der Waals surface area contributed by atoms with Crippen LogP contribution in [0.2, 0.25) is 0 Å². The summed E-state index contributed by atoms with van der Waals surface area (Å²) in [4.78, 5) is 41.7. The molecule has 18 nitrogen and oxygen atoms in total. The third kappa shape index (κ3) is 13.8. The molecule has 22 heteroatoms. The molecule has 0 radical (unpaired) electrons. The van der Waals surface area contributed by atoms with E-state index in [1.165, 1.54) is 12.7 Å². The van der Waals surface area contributed by atoms with Gasteiger partial charge in [0.1, 0.15) is 17.5 Å². The lowest BCUT2D eigenvalue weighted by Crippen LogP contribution is -2.46. The second-order valence-corrected chi connectivity index (χ2v) is 24.2. The van der Waals surface area contributed by atoms with Gasteiger partial charge in [-0.3, -0.25) is 14.5 Å².